The van der Waals surface area contributed by atoms with Gasteiger partial charge < -0.3 is 4.42 Å². The van der Waals surface area contributed by atoms with Crippen LogP contribution in [-0.4, -0.2) is 27.1 Å². The number of hydrazone groups is 1. The number of carbonyl (C=O) groups excluding carboxylic acids is 1. The Bertz CT molecular complexity index is 1110. The summed E-state index contributed by atoms with van der Waals surface area (Å²) in [7, 11) is -4.01. The maximum Gasteiger partial charge on any atom is 0.264 e. The van der Waals surface area contributed by atoms with Gasteiger partial charge in [0.1, 0.15) is 12.3 Å². The molecule has 3 rings (SSSR count). The number of amides is 1. The van der Waals surface area contributed by atoms with Crippen molar-refractivity contribution in [3.8, 4) is 0 Å². The molecule has 3 aromatic rings. The van der Waals surface area contributed by atoms with Gasteiger partial charge in [-0.3, -0.25) is 9.10 Å². The second kappa shape index (κ2) is 8.93. The molecule has 1 heterocycles. The van der Waals surface area contributed by atoms with Crippen molar-refractivity contribution in [3.63, 3.8) is 0 Å². The molecule has 150 valence electrons. The molecule has 0 aliphatic carbocycles. The second-order valence-electron chi connectivity index (χ2n) is 6.11. The Labute approximate surface area is 173 Å². The highest BCUT2D eigenvalue weighted by molar-refractivity contribution is 7.92. The second-order valence-corrected chi connectivity index (χ2v) is 8.41. The van der Waals surface area contributed by atoms with E-state index in [2.05, 4.69) is 10.5 Å². The van der Waals surface area contributed by atoms with E-state index in [1.807, 2.05) is 6.92 Å². The van der Waals surface area contributed by atoms with E-state index >= 15 is 0 Å². The number of hydrogen-bond donors (Lipinski definition) is 1. The van der Waals surface area contributed by atoms with E-state index in [1.54, 1.807) is 42.5 Å². The van der Waals surface area contributed by atoms with Crippen molar-refractivity contribution in [2.24, 2.45) is 5.10 Å². The molecule has 7 nitrogen and oxygen atoms in total. The number of carbonyl (C=O) groups is 1. The zero-order valence-electron chi connectivity index (χ0n) is 15.4. The van der Waals surface area contributed by atoms with Crippen molar-refractivity contribution < 1.29 is 17.6 Å². The van der Waals surface area contributed by atoms with Gasteiger partial charge in [-0.05, 0) is 49.4 Å². The summed E-state index contributed by atoms with van der Waals surface area (Å²) in [5, 5.41) is 4.13. The largest absolute Gasteiger partial charge is 0.463 e. The number of rotatable bonds is 7. The SMILES string of the molecule is Cc1ccc(S(=O)(=O)N(CC(=O)N/N=C\c2ccco2)c2cccc(Cl)c2)cc1. The highest BCUT2D eigenvalue weighted by atomic mass is 35.5. The first kappa shape index (κ1) is 20.6. The van der Waals surface area contributed by atoms with Crippen molar-refractivity contribution >= 4 is 39.4 Å². The molecule has 0 spiro atoms. The first-order valence-corrected chi connectivity index (χ1v) is 10.4. The lowest BCUT2D eigenvalue weighted by molar-refractivity contribution is -0.119. The van der Waals surface area contributed by atoms with Crippen LogP contribution in [0, 0.1) is 6.92 Å². The Morgan fingerprint density at radius 2 is 1.93 bits per heavy atom. The van der Waals surface area contributed by atoms with Crippen LogP contribution in [-0.2, 0) is 14.8 Å². The summed E-state index contributed by atoms with van der Waals surface area (Å²) in [5.74, 6) is -0.173. The normalized spacial score (nSPS) is 11.5. The van der Waals surface area contributed by atoms with E-state index in [0.717, 1.165) is 9.87 Å². The smallest absolute Gasteiger partial charge is 0.264 e. The third-order valence-corrected chi connectivity index (χ3v) is 5.94. The molecule has 0 aliphatic heterocycles. The van der Waals surface area contributed by atoms with Crippen LogP contribution in [0.5, 0.6) is 0 Å². The van der Waals surface area contributed by atoms with Crippen molar-refractivity contribution in [3.05, 3.63) is 83.3 Å². The quantitative estimate of drug-likeness (QED) is 0.457. The highest BCUT2D eigenvalue weighted by Crippen LogP contribution is 2.26. The molecular formula is C20H18ClN3O4S. The fourth-order valence-corrected chi connectivity index (χ4v) is 4.08. The monoisotopic (exact) mass is 431 g/mol. The van der Waals surface area contributed by atoms with E-state index in [4.69, 9.17) is 16.0 Å². The van der Waals surface area contributed by atoms with Gasteiger partial charge in [0.15, 0.2) is 0 Å². The van der Waals surface area contributed by atoms with E-state index in [0.29, 0.717) is 10.8 Å². The third-order valence-electron chi connectivity index (χ3n) is 3.92. The molecule has 0 saturated heterocycles. The van der Waals surface area contributed by atoms with Crippen molar-refractivity contribution in [2.75, 3.05) is 10.8 Å². The zero-order valence-corrected chi connectivity index (χ0v) is 17.0. The molecule has 1 aromatic heterocycles. The van der Waals surface area contributed by atoms with Crippen LogP contribution in [0.1, 0.15) is 11.3 Å². The predicted octanol–water partition coefficient (Wildman–Crippen LogP) is 3.59. The van der Waals surface area contributed by atoms with Gasteiger partial charge in [-0.15, -0.1) is 0 Å². The number of halogens is 1. The molecule has 0 bridgehead atoms. The number of aryl methyl sites for hydroxylation is 1. The van der Waals surface area contributed by atoms with E-state index < -0.39 is 22.5 Å². The van der Waals surface area contributed by atoms with Crippen molar-refractivity contribution in [1.82, 2.24) is 5.43 Å². The van der Waals surface area contributed by atoms with Gasteiger partial charge in [-0.1, -0.05) is 35.4 Å². The lowest BCUT2D eigenvalue weighted by Gasteiger charge is -2.24. The summed E-state index contributed by atoms with van der Waals surface area (Å²) in [4.78, 5) is 12.4. The van der Waals surface area contributed by atoms with E-state index in [-0.39, 0.29) is 10.6 Å². The minimum atomic E-state index is -4.01. The number of nitrogens with zero attached hydrogens (tertiary/aromatic N) is 2. The number of nitrogens with one attached hydrogen (secondary N) is 1. The van der Waals surface area contributed by atoms with Crippen LogP contribution in [0.15, 0.2) is 81.3 Å². The number of anilines is 1. The summed E-state index contributed by atoms with van der Waals surface area (Å²) in [6.07, 6.45) is 2.79. The van der Waals surface area contributed by atoms with Gasteiger partial charge in [0.25, 0.3) is 15.9 Å². The molecule has 9 heteroatoms. The first-order chi connectivity index (χ1) is 13.9. The lowest BCUT2D eigenvalue weighted by atomic mass is 10.2. The topological polar surface area (TPSA) is 92.0 Å². The van der Waals surface area contributed by atoms with E-state index in [9.17, 15) is 13.2 Å². The van der Waals surface area contributed by atoms with Gasteiger partial charge in [-0.2, -0.15) is 5.10 Å². The van der Waals surface area contributed by atoms with Crippen LogP contribution in [0.3, 0.4) is 0 Å². The van der Waals surface area contributed by atoms with Crippen LogP contribution < -0.4 is 9.73 Å². The van der Waals surface area contributed by atoms with Gasteiger partial charge in [-0.25, -0.2) is 13.8 Å². The van der Waals surface area contributed by atoms with Gasteiger partial charge in [0.2, 0.25) is 0 Å². The summed E-state index contributed by atoms with van der Waals surface area (Å²) < 4.78 is 32.5. The van der Waals surface area contributed by atoms with Crippen LogP contribution in [0.2, 0.25) is 5.02 Å². The fourth-order valence-electron chi connectivity index (χ4n) is 2.48. The Hall–Kier alpha value is -3.10. The number of furan rings is 1. The molecular weight excluding hydrogens is 414 g/mol. The van der Waals surface area contributed by atoms with Crippen molar-refractivity contribution in [1.29, 1.82) is 0 Å². The first-order valence-electron chi connectivity index (χ1n) is 8.56. The molecule has 0 atom stereocenters. The molecule has 29 heavy (non-hydrogen) atoms. The van der Waals surface area contributed by atoms with Crippen LogP contribution in [0.25, 0.3) is 0 Å². The van der Waals surface area contributed by atoms with Crippen LogP contribution in [0.4, 0.5) is 5.69 Å². The molecule has 0 aliphatic rings. The van der Waals surface area contributed by atoms with Gasteiger partial charge in [0, 0.05) is 5.02 Å². The molecule has 0 unspecified atom stereocenters. The van der Waals surface area contributed by atoms with Gasteiger partial charge >= 0.3 is 0 Å². The molecule has 2 aromatic carbocycles. The summed E-state index contributed by atoms with van der Waals surface area (Å²) >= 11 is 6.03. The number of benzene rings is 2. The Morgan fingerprint density at radius 3 is 2.59 bits per heavy atom. The van der Waals surface area contributed by atoms with Crippen LogP contribution >= 0.6 is 11.6 Å². The molecule has 0 saturated carbocycles. The van der Waals surface area contributed by atoms with Gasteiger partial charge in [0.05, 0.1) is 23.1 Å². The molecule has 0 radical (unpaired) electrons. The van der Waals surface area contributed by atoms with E-state index in [1.165, 1.54) is 30.7 Å². The predicted molar refractivity (Wildman–Crippen MR) is 112 cm³/mol. The standard InChI is InChI=1S/C20H18ClN3O4S/c1-15-7-9-19(10-8-15)29(26,27)24(17-5-2-4-16(21)12-17)14-20(25)23-22-13-18-6-3-11-28-18/h2-13H,14H2,1H3,(H,23,25)/b22-13-. The Balaban J connectivity index is 1.87. The average Bonchev–Trinajstić information content (AvgIpc) is 3.20. The molecule has 0 fully saturated rings. The lowest BCUT2D eigenvalue weighted by Crippen LogP contribution is -2.39. The molecule has 1 N–H and O–H groups in total. The summed E-state index contributed by atoms with van der Waals surface area (Å²) in [5.41, 5.74) is 3.49. The minimum absolute atomic E-state index is 0.0648. The Kier molecular flexibility index (Phi) is 6.36. The number of hydrogen-bond acceptors (Lipinski definition) is 5. The summed E-state index contributed by atoms with van der Waals surface area (Å²) in [6.45, 7) is 1.38. The maximum absolute atomic E-state index is 13.2. The Morgan fingerprint density at radius 1 is 1.17 bits per heavy atom. The maximum atomic E-state index is 13.2. The van der Waals surface area contributed by atoms with Crippen molar-refractivity contribution in [2.45, 2.75) is 11.8 Å². The minimum Gasteiger partial charge on any atom is -0.463 e. The number of sulfonamides is 1. The highest BCUT2D eigenvalue weighted by Gasteiger charge is 2.27. The molecule has 1 amide bonds. The zero-order chi connectivity index (χ0) is 20.9. The fraction of sp³-hybridized carbons (Fsp3) is 0.100. The average molecular weight is 432 g/mol. The third kappa shape index (κ3) is 5.24. The summed E-state index contributed by atoms with van der Waals surface area (Å²) in [6, 6.07) is 16.0.